The fraction of sp³-hybridized carbons (Fsp3) is 0.400. The number of alkyl halides is 2. The van der Waals surface area contributed by atoms with E-state index in [0.29, 0.717) is 0 Å². The van der Waals surface area contributed by atoms with Crippen LogP contribution in [0.1, 0.15) is 0 Å². The fourth-order valence-electron chi connectivity index (χ4n) is 0.219. The van der Waals surface area contributed by atoms with Gasteiger partial charge in [-0.15, -0.1) is 0 Å². The number of hydrogen-bond donors (Lipinski definition) is 1. The molecule has 0 fully saturated rings. The van der Waals surface area contributed by atoms with E-state index in [1.807, 2.05) is 0 Å². The number of ketones is 1. The Hall–Kier alpha value is -0.770. The number of allylic oxidation sites excluding steroid dienone is 1. The maximum atomic E-state index is 11.9. The Kier molecular flexibility index (Phi) is 2.45. The van der Waals surface area contributed by atoms with E-state index >= 15 is 0 Å². The molecule has 0 bridgehead atoms. The predicted octanol–water partition coefficient (Wildman–Crippen LogP) is 0.369. The van der Waals surface area contributed by atoms with Gasteiger partial charge in [0.05, 0.1) is 0 Å². The van der Waals surface area contributed by atoms with Gasteiger partial charge in [0.1, 0.15) is 6.61 Å². The highest BCUT2D eigenvalue weighted by Crippen LogP contribution is 2.14. The third-order valence-electron chi connectivity index (χ3n) is 0.772. The van der Waals surface area contributed by atoms with E-state index in [1.165, 1.54) is 0 Å². The predicted molar refractivity (Wildman–Crippen MR) is 27.2 cm³/mol. The lowest BCUT2D eigenvalue weighted by molar-refractivity contribution is -0.139. The molecule has 0 aliphatic heterocycles. The Morgan fingerprint density at radius 3 is 2.33 bits per heavy atom. The largest absolute Gasteiger partial charge is 0.388 e. The molecule has 0 rings (SSSR count). The van der Waals surface area contributed by atoms with Crippen molar-refractivity contribution in [2.45, 2.75) is 5.92 Å². The molecule has 9 heavy (non-hydrogen) atoms. The van der Waals surface area contributed by atoms with Crippen LogP contribution in [0, 0.1) is 0 Å². The van der Waals surface area contributed by atoms with Gasteiger partial charge in [0.15, 0.2) is 0 Å². The first-order chi connectivity index (χ1) is 4.04. The highest BCUT2D eigenvalue weighted by atomic mass is 19.3. The molecular weight excluding hydrogens is 130 g/mol. The highest BCUT2D eigenvalue weighted by molar-refractivity contribution is 5.88. The molecular formula is C5H6F2O2. The van der Waals surface area contributed by atoms with Crippen LogP contribution in [0.25, 0.3) is 0 Å². The van der Waals surface area contributed by atoms with Gasteiger partial charge in [-0.3, -0.25) is 4.79 Å². The van der Waals surface area contributed by atoms with Crippen molar-refractivity contribution in [3.8, 4) is 0 Å². The van der Waals surface area contributed by atoms with E-state index in [0.717, 1.165) is 0 Å². The van der Waals surface area contributed by atoms with Crippen LogP contribution in [0.5, 0.6) is 0 Å². The topological polar surface area (TPSA) is 37.3 Å². The van der Waals surface area contributed by atoms with Crippen molar-refractivity contribution in [1.29, 1.82) is 0 Å². The molecule has 0 aromatic heterocycles. The Labute approximate surface area is 50.8 Å². The summed E-state index contributed by atoms with van der Waals surface area (Å²) in [5.74, 6) is -5.10. The van der Waals surface area contributed by atoms with Gasteiger partial charge in [0, 0.05) is 0 Å². The molecule has 2 nitrogen and oxygen atoms in total. The van der Waals surface area contributed by atoms with Gasteiger partial charge in [-0.2, -0.15) is 8.78 Å². The molecule has 0 aromatic rings. The second-order valence-electron chi connectivity index (χ2n) is 1.41. The van der Waals surface area contributed by atoms with Crippen molar-refractivity contribution < 1.29 is 18.7 Å². The normalized spacial score (nSPS) is 11.0. The molecule has 0 aliphatic carbocycles. The molecule has 4 heteroatoms. The first-order valence-electron chi connectivity index (χ1n) is 2.20. The Balaban J connectivity index is 4.14. The summed E-state index contributed by atoms with van der Waals surface area (Å²) >= 11 is 0. The van der Waals surface area contributed by atoms with Crippen LogP contribution >= 0.6 is 0 Å². The van der Waals surface area contributed by atoms with Gasteiger partial charge in [-0.05, 0) is 6.08 Å². The van der Waals surface area contributed by atoms with Gasteiger partial charge in [-0.1, -0.05) is 6.58 Å². The summed E-state index contributed by atoms with van der Waals surface area (Å²) in [6, 6.07) is 0. The monoisotopic (exact) mass is 136 g/mol. The smallest absolute Gasteiger partial charge is 0.325 e. The third kappa shape index (κ3) is 1.89. The number of halogens is 2. The second-order valence-corrected chi connectivity index (χ2v) is 1.41. The minimum Gasteiger partial charge on any atom is -0.388 e. The lowest BCUT2D eigenvalue weighted by atomic mass is 10.2. The fourth-order valence-corrected chi connectivity index (χ4v) is 0.219. The number of rotatable bonds is 3. The molecule has 0 radical (unpaired) electrons. The SMILES string of the molecule is C=CC(F)(F)C(=O)CO. The average Bonchev–Trinajstić information content (AvgIpc) is 1.86. The lowest BCUT2D eigenvalue weighted by Crippen LogP contribution is -2.28. The summed E-state index contributed by atoms with van der Waals surface area (Å²) in [4.78, 5) is 9.99. The van der Waals surface area contributed by atoms with Crippen molar-refractivity contribution in [1.82, 2.24) is 0 Å². The molecule has 0 saturated heterocycles. The number of aliphatic hydroxyl groups is 1. The molecule has 52 valence electrons. The minimum absolute atomic E-state index is 0.200. The van der Waals surface area contributed by atoms with E-state index in [1.54, 1.807) is 0 Å². The second kappa shape index (κ2) is 2.68. The Bertz CT molecular complexity index is 131. The van der Waals surface area contributed by atoms with Crippen LogP contribution in [0.2, 0.25) is 0 Å². The molecule has 0 saturated carbocycles. The zero-order valence-electron chi connectivity index (χ0n) is 4.60. The summed E-state index contributed by atoms with van der Waals surface area (Å²) in [6.45, 7) is 1.57. The zero-order valence-corrected chi connectivity index (χ0v) is 4.60. The van der Waals surface area contributed by atoms with Crippen LogP contribution in [0.3, 0.4) is 0 Å². The van der Waals surface area contributed by atoms with Crippen LogP contribution in [0.15, 0.2) is 12.7 Å². The minimum atomic E-state index is -3.57. The Morgan fingerprint density at radius 1 is 1.78 bits per heavy atom. The number of Topliss-reactive ketones (excluding diaryl/α,β-unsaturated/α-hetero) is 1. The molecule has 1 N–H and O–H groups in total. The number of aliphatic hydroxyl groups excluding tert-OH is 1. The average molecular weight is 136 g/mol. The molecule has 0 heterocycles. The van der Waals surface area contributed by atoms with Crippen molar-refractivity contribution in [3.05, 3.63) is 12.7 Å². The standard InChI is InChI=1S/C5H6F2O2/c1-2-5(6,7)4(9)3-8/h2,8H,1,3H2. The number of hydrogen-bond acceptors (Lipinski definition) is 2. The molecule has 0 spiro atoms. The first-order valence-corrected chi connectivity index (χ1v) is 2.20. The van der Waals surface area contributed by atoms with Crippen LogP contribution in [-0.2, 0) is 4.79 Å². The van der Waals surface area contributed by atoms with E-state index in [-0.39, 0.29) is 6.08 Å². The first kappa shape index (κ1) is 8.23. The number of carbonyl (C=O) groups is 1. The van der Waals surface area contributed by atoms with E-state index < -0.39 is 18.3 Å². The van der Waals surface area contributed by atoms with Gasteiger partial charge in [-0.25, -0.2) is 0 Å². The maximum absolute atomic E-state index is 11.9. The summed E-state index contributed by atoms with van der Waals surface area (Å²) in [6.07, 6.45) is 0.200. The van der Waals surface area contributed by atoms with Gasteiger partial charge < -0.3 is 5.11 Å². The third-order valence-corrected chi connectivity index (χ3v) is 0.772. The number of carbonyl (C=O) groups excluding carboxylic acids is 1. The van der Waals surface area contributed by atoms with E-state index in [2.05, 4.69) is 6.58 Å². The van der Waals surface area contributed by atoms with Crippen molar-refractivity contribution >= 4 is 5.78 Å². The van der Waals surface area contributed by atoms with Crippen LogP contribution in [-0.4, -0.2) is 23.4 Å². The van der Waals surface area contributed by atoms with E-state index in [4.69, 9.17) is 5.11 Å². The van der Waals surface area contributed by atoms with E-state index in [9.17, 15) is 13.6 Å². The summed E-state index contributed by atoms with van der Waals surface area (Å²) in [5.41, 5.74) is 0. The maximum Gasteiger partial charge on any atom is 0.325 e. The Morgan fingerprint density at radius 2 is 2.22 bits per heavy atom. The molecule has 0 unspecified atom stereocenters. The van der Waals surface area contributed by atoms with Crippen molar-refractivity contribution in [2.24, 2.45) is 0 Å². The van der Waals surface area contributed by atoms with Crippen molar-refractivity contribution in [2.75, 3.05) is 6.61 Å². The quantitative estimate of drug-likeness (QED) is 0.569. The molecule has 0 aromatic carbocycles. The molecule has 0 atom stereocenters. The molecule has 0 aliphatic rings. The lowest BCUT2D eigenvalue weighted by Gasteiger charge is -2.05. The van der Waals surface area contributed by atoms with Gasteiger partial charge >= 0.3 is 5.92 Å². The summed E-state index contributed by atoms with van der Waals surface area (Å²) < 4.78 is 23.8. The van der Waals surface area contributed by atoms with Crippen LogP contribution in [0.4, 0.5) is 8.78 Å². The molecule has 0 amide bonds. The van der Waals surface area contributed by atoms with Gasteiger partial charge in [0.25, 0.3) is 0 Å². The van der Waals surface area contributed by atoms with Crippen LogP contribution < -0.4 is 0 Å². The summed E-state index contributed by atoms with van der Waals surface area (Å²) in [7, 11) is 0. The summed E-state index contributed by atoms with van der Waals surface area (Å²) in [5, 5.41) is 7.92. The zero-order chi connectivity index (χ0) is 7.49. The van der Waals surface area contributed by atoms with Crippen molar-refractivity contribution in [3.63, 3.8) is 0 Å². The van der Waals surface area contributed by atoms with Gasteiger partial charge in [0.2, 0.25) is 5.78 Å². The highest BCUT2D eigenvalue weighted by Gasteiger charge is 2.33.